The summed E-state index contributed by atoms with van der Waals surface area (Å²) in [5.41, 5.74) is 2.90. The molecule has 0 N–H and O–H groups in total. The van der Waals surface area contributed by atoms with Crippen molar-refractivity contribution in [2.45, 2.75) is 13.5 Å². The van der Waals surface area contributed by atoms with Crippen LogP contribution in [0.4, 0.5) is 0 Å². The lowest BCUT2D eigenvalue weighted by Crippen LogP contribution is -2.48. The third kappa shape index (κ3) is 3.03. The van der Waals surface area contributed by atoms with E-state index in [0.29, 0.717) is 4.88 Å². The van der Waals surface area contributed by atoms with Crippen molar-refractivity contribution in [2.75, 3.05) is 26.2 Å². The van der Waals surface area contributed by atoms with Gasteiger partial charge in [-0.2, -0.15) is 0 Å². The molecule has 25 heavy (non-hydrogen) atoms. The van der Waals surface area contributed by atoms with Crippen LogP contribution in [0.3, 0.4) is 0 Å². The highest BCUT2D eigenvalue weighted by atomic mass is 32.1. The zero-order chi connectivity index (χ0) is 17.4. The standard InChI is InChI=1S/C17H20N6OS/c1-12-16(25-20-19-12)17(24)23-9-7-22(8-10-23)11-15-18-13-5-3-4-6-14(13)21(15)2/h3-6H,7-11H2,1-2H3. The summed E-state index contributed by atoms with van der Waals surface area (Å²) >= 11 is 1.18. The van der Waals surface area contributed by atoms with Gasteiger partial charge < -0.3 is 9.47 Å². The molecule has 0 atom stereocenters. The number of hydrogen-bond acceptors (Lipinski definition) is 6. The Balaban J connectivity index is 1.41. The van der Waals surface area contributed by atoms with Gasteiger partial charge in [-0.1, -0.05) is 16.6 Å². The summed E-state index contributed by atoms with van der Waals surface area (Å²) in [6.45, 7) is 5.77. The Hall–Kier alpha value is -2.32. The number of carbonyl (C=O) groups excluding carboxylic acids is 1. The number of hydrogen-bond donors (Lipinski definition) is 0. The van der Waals surface area contributed by atoms with Gasteiger partial charge in [0.1, 0.15) is 10.7 Å². The minimum Gasteiger partial charge on any atom is -0.335 e. The summed E-state index contributed by atoms with van der Waals surface area (Å²) in [6, 6.07) is 8.18. The average molecular weight is 356 g/mol. The van der Waals surface area contributed by atoms with Crippen molar-refractivity contribution in [1.29, 1.82) is 0 Å². The van der Waals surface area contributed by atoms with Crippen LogP contribution >= 0.6 is 11.5 Å². The number of piperazine rings is 1. The summed E-state index contributed by atoms with van der Waals surface area (Å²) in [6.07, 6.45) is 0. The van der Waals surface area contributed by atoms with Gasteiger partial charge in [0.15, 0.2) is 0 Å². The predicted octanol–water partition coefficient (Wildman–Crippen LogP) is 1.69. The van der Waals surface area contributed by atoms with Crippen LogP contribution in [0.1, 0.15) is 21.2 Å². The van der Waals surface area contributed by atoms with Gasteiger partial charge in [-0.15, -0.1) is 5.10 Å². The molecule has 1 aliphatic rings. The Morgan fingerprint density at radius 1 is 1.20 bits per heavy atom. The fourth-order valence-electron chi connectivity index (χ4n) is 3.22. The zero-order valence-electron chi connectivity index (χ0n) is 14.3. The van der Waals surface area contributed by atoms with Gasteiger partial charge in [0, 0.05) is 33.2 Å². The van der Waals surface area contributed by atoms with E-state index < -0.39 is 0 Å². The van der Waals surface area contributed by atoms with Crippen LogP contribution in [0.2, 0.25) is 0 Å². The summed E-state index contributed by atoms with van der Waals surface area (Å²) in [5.74, 6) is 1.11. The lowest BCUT2D eigenvalue weighted by molar-refractivity contribution is 0.0628. The Morgan fingerprint density at radius 2 is 1.96 bits per heavy atom. The van der Waals surface area contributed by atoms with Crippen LogP contribution in [0.15, 0.2) is 24.3 Å². The number of amides is 1. The van der Waals surface area contributed by atoms with E-state index in [1.807, 2.05) is 30.0 Å². The molecular weight excluding hydrogens is 336 g/mol. The van der Waals surface area contributed by atoms with Crippen LogP contribution < -0.4 is 0 Å². The van der Waals surface area contributed by atoms with Crippen molar-refractivity contribution < 1.29 is 4.79 Å². The van der Waals surface area contributed by atoms with Crippen molar-refractivity contribution in [3.63, 3.8) is 0 Å². The number of rotatable bonds is 3. The highest BCUT2D eigenvalue weighted by Gasteiger charge is 2.25. The van der Waals surface area contributed by atoms with E-state index in [1.54, 1.807) is 0 Å². The monoisotopic (exact) mass is 356 g/mol. The maximum atomic E-state index is 12.5. The lowest BCUT2D eigenvalue weighted by Gasteiger charge is -2.34. The van der Waals surface area contributed by atoms with Crippen LogP contribution in [0.25, 0.3) is 11.0 Å². The van der Waals surface area contributed by atoms with Crippen LogP contribution in [0.5, 0.6) is 0 Å². The first-order chi connectivity index (χ1) is 12.1. The number of para-hydroxylation sites is 2. The zero-order valence-corrected chi connectivity index (χ0v) is 15.2. The van der Waals surface area contributed by atoms with Gasteiger partial charge in [0.05, 0.1) is 23.3 Å². The molecule has 8 heteroatoms. The molecule has 1 aromatic carbocycles. The molecule has 130 valence electrons. The van der Waals surface area contributed by atoms with Crippen molar-refractivity contribution in [1.82, 2.24) is 28.9 Å². The van der Waals surface area contributed by atoms with Gasteiger partial charge in [-0.3, -0.25) is 9.69 Å². The molecule has 3 heterocycles. The maximum absolute atomic E-state index is 12.5. The fraction of sp³-hybridized carbons (Fsp3) is 0.412. The molecule has 7 nitrogen and oxygen atoms in total. The smallest absolute Gasteiger partial charge is 0.267 e. The van der Waals surface area contributed by atoms with Crippen molar-refractivity contribution in [3.8, 4) is 0 Å². The highest BCUT2D eigenvalue weighted by Crippen LogP contribution is 2.18. The Labute approximate surface area is 150 Å². The third-order valence-electron chi connectivity index (χ3n) is 4.75. The fourth-order valence-corrected chi connectivity index (χ4v) is 3.84. The van der Waals surface area contributed by atoms with Crippen LogP contribution in [0, 0.1) is 6.92 Å². The molecule has 1 saturated heterocycles. The minimum absolute atomic E-state index is 0.0508. The van der Waals surface area contributed by atoms with E-state index in [9.17, 15) is 4.79 Å². The van der Waals surface area contributed by atoms with Gasteiger partial charge in [0.2, 0.25) is 0 Å². The molecule has 3 aromatic rings. The molecule has 0 spiro atoms. The van der Waals surface area contributed by atoms with Gasteiger partial charge in [-0.25, -0.2) is 4.98 Å². The number of aryl methyl sites for hydroxylation is 2. The minimum atomic E-state index is 0.0508. The normalized spacial score (nSPS) is 15.8. The molecular formula is C17H20N6OS. The first kappa shape index (κ1) is 16.2. The molecule has 0 radical (unpaired) electrons. The van der Waals surface area contributed by atoms with Crippen LogP contribution in [-0.2, 0) is 13.6 Å². The van der Waals surface area contributed by atoms with E-state index in [4.69, 9.17) is 4.98 Å². The second-order valence-corrected chi connectivity index (χ2v) is 7.09. The summed E-state index contributed by atoms with van der Waals surface area (Å²) in [5, 5.41) is 3.93. The third-order valence-corrected chi connectivity index (χ3v) is 5.57. The topological polar surface area (TPSA) is 67.2 Å². The lowest BCUT2D eigenvalue weighted by atomic mass is 10.2. The first-order valence-electron chi connectivity index (χ1n) is 8.34. The number of imidazole rings is 1. The van der Waals surface area contributed by atoms with Crippen molar-refractivity contribution >= 4 is 28.5 Å². The summed E-state index contributed by atoms with van der Waals surface area (Å²) in [7, 11) is 2.06. The largest absolute Gasteiger partial charge is 0.335 e. The maximum Gasteiger partial charge on any atom is 0.267 e. The first-order valence-corrected chi connectivity index (χ1v) is 9.12. The van der Waals surface area contributed by atoms with Gasteiger partial charge in [-0.05, 0) is 30.6 Å². The SMILES string of the molecule is Cc1nnsc1C(=O)N1CCN(Cc2nc3ccccc3n2C)CC1. The molecule has 0 bridgehead atoms. The highest BCUT2D eigenvalue weighted by molar-refractivity contribution is 7.07. The van der Waals surface area contributed by atoms with E-state index in [1.165, 1.54) is 11.5 Å². The van der Waals surface area contributed by atoms with E-state index in [2.05, 4.69) is 32.2 Å². The quantitative estimate of drug-likeness (QED) is 0.714. The number of nitrogens with zero attached hydrogens (tertiary/aromatic N) is 6. The molecule has 1 fully saturated rings. The Kier molecular flexibility index (Phi) is 4.22. The number of benzene rings is 1. The van der Waals surface area contributed by atoms with Gasteiger partial charge >= 0.3 is 0 Å². The molecule has 2 aromatic heterocycles. The van der Waals surface area contributed by atoms with E-state index in [-0.39, 0.29) is 5.91 Å². The molecule has 1 amide bonds. The summed E-state index contributed by atoms with van der Waals surface area (Å²) in [4.78, 5) is 22.2. The molecule has 0 unspecified atom stereocenters. The number of aromatic nitrogens is 4. The molecule has 0 saturated carbocycles. The summed E-state index contributed by atoms with van der Waals surface area (Å²) < 4.78 is 6.01. The second-order valence-electron chi connectivity index (χ2n) is 6.33. The van der Waals surface area contributed by atoms with Crippen molar-refractivity contribution in [3.05, 3.63) is 40.7 Å². The Bertz CT molecular complexity index is 909. The second kappa shape index (κ2) is 6.53. The molecule has 4 rings (SSSR count). The molecule has 1 aliphatic heterocycles. The number of fused-ring (bicyclic) bond motifs is 1. The molecule has 0 aliphatic carbocycles. The predicted molar refractivity (Wildman–Crippen MR) is 96.5 cm³/mol. The van der Waals surface area contributed by atoms with E-state index in [0.717, 1.165) is 55.3 Å². The van der Waals surface area contributed by atoms with Gasteiger partial charge in [0.25, 0.3) is 5.91 Å². The average Bonchev–Trinajstić information content (AvgIpc) is 3.19. The Morgan fingerprint density at radius 3 is 2.64 bits per heavy atom. The number of carbonyl (C=O) groups is 1. The van der Waals surface area contributed by atoms with Crippen molar-refractivity contribution in [2.24, 2.45) is 7.05 Å². The van der Waals surface area contributed by atoms with E-state index >= 15 is 0 Å². The van der Waals surface area contributed by atoms with Crippen LogP contribution in [-0.4, -0.2) is 61.0 Å².